The Balaban J connectivity index is 0.000000114. The molecular formula is C108H82BClN6O6. The Morgan fingerprint density at radius 2 is 0.557 bits per heavy atom. The molecule has 122 heavy (non-hydrogen) atoms. The molecule has 0 unspecified atom stereocenters. The van der Waals surface area contributed by atoms with Crippen molar-refractivity contribution in [3.05, 3.63) is 331 Å². The molecule has 20 aromatic rings. The van der Waals surface area contributed by atoms with Gasteiger partial charge < -0.3 is 27.0 Å². The zero-order valence-electron chi connectivity index (χ0n) is 68.0. The van der Waals surface area contributed by atoms with Gasteiger partial charge in [-0.15, -0.1) is 0 Å². The van der Waals surface area contributed by atoms with Crippen LogP contribution in [-0.2, 0) is 20.1 Å². The number of hydrogen-bond donors (Lipinski definition) is 0. The standard InChI is InChI=1S/C51H35N3O2.C33H18ClN3O2.C24H29BO2/c1-8-26-51(27-9-1)41-18-5-2-16-40(41)47-35(17-11-19-42(47)51)31-12-10-13-32(28-31)48-52-49(33-22-24-38-36-14-3-6-20-43(36)55-45(38)29-33)54-50(53-48)34-23-25-39-37-15-4-7-21-44(37)56-46(39)30-34;34-22-7-5-6-19(16-22)31-35-32(20-12-14-25-23-8-1-3-10-27(23)38-29(25)17-20)37-33(36-31)21-13-15-26-24-9-2-4-11-28(24)39-30(26)18-21;1-22(2)23(3,4)27-25(26-22)20-14-10-13-19-21(20)17-11-6-7-12-18(17)24(19)15-8-5-9-16-24/h2-7,10-25,28-30H,1,8-9,26-27H2;1-18H;6-7,10-14H,5,8-9,15-16H2,1-4H3. The average Bonchev–Trinajstić information content (AvgIpc) is 1.55. The lowest BCUT2D eigenvalue weighted by molar-refractivity contribution is 0.00578. The molecule has 590 valence electrons. The number of para-hydroxylation sites is 4. The fourth-order valence-electron chi connectivity index (χ4n) is 20.3. The molecule has 25 rings (SSSR count). The summed E-state index contributed by atoms with van der Waals surface area (Å²) >= 11 is 6.32. The summed E-state index contributed by atoms with van der Waals surface area (Å²) in [6, 6.07) is 105. The predicted molar refractivity (Wildman–Crippen MR) is 493 cm³/mol. The summed E-state index contributed by atoms with van der Waals surface area (Å²) in [6.07, 6.45) is 12.8. The molecule has 1 saturated heterocycles. The average molecular weight is 1610 g/mol. The van der Waals surface area contributed by atoms with Crippen LogP contribution in [0.4, 0.5) is 0 Å². The Kier molecular flexibility index (Phi) is 17.5. The van der Waals surface area contributed by atoms with Gasteiger partial charge in [0.2, 0.25) is 0 Å². The third kappa shape index (κ3) is 12.2. The normalized spacial score (nSPS) is 15.8. The molecule has 5 aliphatic rings. The van der Waals surface area contributed by atoms with Crippen LogP contribution in [0.2, 0.25) is 5.02 Å². The molecule has 0 amide bonds. The number of benzene rings is 14. The maximum atomic E-state index is 6.44. The summed E-state index contributed by atoms with van der Waals surface area (Å²) in [6.45, 7) is 8.53. The van der Waals surface area contributed by atoms with Gasteiger partial charge in [0.25, 0.3) is 0 Å². The molecule has 0 bridgehead atoms. The summed E-state index contributed by atoms with van der Waals surface area (Å²) in [5.74, 6) is 3.39. The monoisotopic (exact) mass is 1600 g/mol. The molecule has 12 nitrogen and oxygen atoms in total. The number of halogens is 1. The van der Waals surface area contributed by atoms with Gasteiger partial charge in [0.1, 0.15) is 44.7 Å². The van der Waals surface area contributed by atoms with Crippen LogP contribution < -0.4 is 5.46 Å². The van der Waals surface area contributed by atoms with Crippen molar-refractivity contribution in [1.82, 2.24) is 29.9 Å². The Bertz CT molecular complexity index is 7350. The van der Waals surface area contributed by atoms with E-state index in [2.05, 4.69) is 198 Å². The highest BCUT2D eigenvalue weighted by molar-refractivity contribution is 6.64. The van der Waals surface area contributed by atoms with Gasteiger partial charge in [0, 0.05) is 92.3 Å². The minimum atomic E-state index is -0.318. The molecule has 2 spiro atoms. The lowest BCUT2D eigenvalue weighted by atomic mass is 9.66. The molecule has 2 saturated carbocycles. The molecule has 0 radical (unpaired) electrons. The number of nitrogens with zero attached hydrogens (tertiary/aromatic N) is 6. The van der Waals surface area contributed by atoms with Crippen LogP contribution in [0.1, 0.15) is 114 Å². The first-order valence-electron chi connectivity index (χ1n) is 42.6. The van der Waals surface area contributed by atoms with Gasteiger partial charge in [0.05, 0.1) is 11.2 Å². The van der Waals surface area contributed by atoms with Gasteiger partial charge in [-0.1, -0.05) is 262 Å². The predicted octanol–water partition coefficient (Wildman–Crippen LogP) is 28.1. The Morgan fingerprint density at radius 1 is 0.254 bits per heavy atom. The fourth-order valence-corrected chi connectivity index (χ4v) is 20.5. The van der Waals surface area contributed by atoms with E-state index in [4.69, 9.17) is 68.5 Å². The second-order valence-corrected chi connectivity index (χ2v) is 34.8. The van der Waals surface area contributed by atoms with Crippen LogP contribution in [0, 0.1) is 0 Å². The van der Waals surface area contributed by atoms with Gasteiger partial charge in [-0.05, 0) is 205 Å². The number of furan rings is 4. The van der Waals surface area contributed by atoms with Crippen molar-refractivity contribution < 1.29 is 27.0 Å². The lowest BCUT2D eigenvalue weighted by Crippen LogP contribution is -2.41. The fraction of sp³-hybridized carbons (Fsp3) is 0.167. The van der Waals surface area contributed by atoms with Crippen molar-refractivity contribution in [1.29, 1.82) is 0 Å². The third-order valence-electron chi connectivity index (χ3n) is 26.9. The number of fused-ring (bicyclic) bond motifs is 22. The van der Waals surface area contributed by atoms with Crippen molar-refractivity contribution in [3.8, 4) is 102 Å². The van der Waals surface area contributed by atoms with Crippen molar-refractivity contribution in [3.63, 3.8) is 0 Å². The Labute approximate surface area is 710 Å². The van der Waals surface area contributed by atoms with Crippen LogP contribution in [0.15, 0.2) is 321 Å². The first kappa shape index (κ1) is 73.7. The zero-order valence-corrected chi connectivity index (χ0v) is 68.8. The minimum Gasteiger partial charge on any atom is -0.456 e. The maximum Gasteiger partial charge on any atom is 0.495 e. The van der Waals surface area contributed by atoms with E-state index in [1.54, 1.807) is 0 Å². The lowest BCUT2D eigenvalue weighted by Gasteiger charge is -2.36. The van der Waals surface area contributed by atoms with E-state index in [1.165, 1.54) is 120 Å². The van der Waals surface area contributed by atoms with Gasteiger partial charge in [0.15, 0.2) is 34.9 Å². The van der Waals surface area contributed by atoms with E-state index in [0.29, 0.717) is 40.0 Å². The zero-order chi connectivity index (χ0) is 81.6. The highest BCUT2D eigenvalue weighted by Crippen LogP contribution is 2.59. The van der Waals surface area contributed by atoms with Crippen molar-refractivity contribution in [2.45, 2.75) is 114 Å². The first-order valence-corrected chi connectivity index (χ1v) is 43.0. The molecule has 1 aliphatic heterocycles. The van der Waals surface area contributed by atoms with E-state index >= 15 is 0 Å². The van der Waals surface area contributed by atoms with E-state index in [0.717, 1.165) is 127 Å². The largest absolute Gasteiger partial charge is 0.495 e. The van der Waals surface area contributed by atoms with E-state index in [-0.39, 0.29) is 29.2 Å². The summed E-state index contributed by atoms with van der Waals surface area (Å²) in [5, 5.41) is 9.18. The van der Waals surface area contributed by atoms with Crippen LogP contribution in [-0.4, -0.2) is 48.2 Å². The topological polar surface area (TPSA) is 148 Å². The van der Waals surface area contributed by atoms with Crippen molar-refractivity contribution >= 4 is 112 Å². The molecular weight excluding hydrogens is 1520 g/mol. The maximum absolute atomic E-state index is 6.44. The van der Waals surface area contributed by atoms with E-state index in [9.17, 15) is 0 Å². The van der Waals surface area contributed by atoms with Crippen LogP contribution >= 0.6 is 11.6 Å². The van der Waals surface area contributed by atoms with Crippen LogP contribution in [0.25, 0.3) is 189 Å². The molecule has 14 heteroatoms. The third-order valence-corrected chi connectivity index (χ3v) is 27.1. The molecule has 0 atom stereocenters. The SMILES string of the molecule is CC1(C)OB(c2cccc3c2-c2ccccc2C32CCCCC2)OC1(C)C.Clc1cccc(-c2nc(-c3ccc4c(c3)oc3ccccc34)nc(-c3ccc4c(c3)oc3ccccc34)n2)c1.c1cc(-c2nc(-c3ccc4c(c3)oc3ccccc34)nc(-c3ccc4c(c3)oc3ccccc34)n2)cc(-c2cccc3c2-c2ccccc2C32CCCCC2)c1. The van der Waals surface area contributed by atoms with E-state index < -0.39 is 0 Å². The van der Waals surface area contributed by atoms with Crippen molar-refractivity contribution in [2.24, 2.45) is 0 Å². The molecule has 4 aliphatic carbocycles. The summed E-state index contributed by atoms with van der Waals surface area (Å²) in [4.78, 5) is 30.1. The molecule has 3 fully saturated rings. The minimum absolute atomic E-state index is 0.0949. The summed E-state index contributed by atoms with van der Waals surface area (Å²) in [5.41, 5.74) is 26.4. The number of rotatable bonds is 8. The Morgan fingerprint density at radius 3 is 0.967 bits per heavy atom. The number of hydrogen-bond acceptors (Lipinski definition) is 12. The molecule has 7 heterocycles. The van der Waals surface area contributed by atoms with Crippen LogP contribution in [0.5, 0.6) is 0 Å². The Hall–Kier alpha value is -13.4. The van der Waals surface area contributed by atoms with Gasteiger partial charge in [-0.25, -0.2) is 29.9 Å². The second kappa shape index (κ2) is 28.9. The molecule has 6 aromatic heterocycles. The van der Waals surface area contributed by atoms with Gasteiger partial charge in [-0.2, -0.15) is 0 Å². The van der Waals surface area contributed by atoms with Crippen molar-refractivity contribution in [2.75, 3.05) is 0 Å². The van der Waals surface area contributed by atoms with Gasteiger partial charge in [-0.3, -0.25) is 0 Å². The number of aromatic nitrogens is 6. The summed E-state index contributed by atoms with van der Waals surface area (Å²) < 4.78 is 37.8. The smallest absolute Gasteiger partial charge is 0.456 e. The molecule has 0 N–H and O–H groups in total. The molecule has 14 aromatic carbocycles. The highest BCUT2D eigenvalue weighted by atomic mass is 35.5. The quantitative estimate of drug-likeness (QED) is 0.133. The van der Waals surface area contributed by atoms with E-state index in [1.807, 2.05) is 133 Å². The summed E-state index contributed by atoms with van der Waals surface area (Å²) in [7, 11) is -0.309. The highest BCUT2D eigenvalue weighted by Gasteiger charge is 2.54. The first-order chi connectivity index (χ1) is 59.7. The van der Waals surface area contributed by atoms with Crippen LogP contribution in [0.3, 0.4) is 0 Å². The van der Waals surface area contributed by atoms with Gasteiger partial charge >= 0.3 is 7.12 Å². The second-order valence-electron chi connectivity index (χ2n) is 34.4.